The minimum Gasteiger partial charge on any atom is -0.462 e. The van der Waals surface area contributed by atoms with E-state index in [1.54, 1.807) is 42.3 Å². The van der Waals surface area contributed by atoms with Gasteiger partial charge in [0.15, 0.2) is 30.9 Å². The molecule has 3 N–H and O–H groups in total. The summed E-state index contributed by atoms with van der Waals surface area (Å²) >= 11 is 0. The zero-order chi connectivity index (χ0) is 50.0. The molecule has 0 bridgehead atoms. The Bertz CT molecular complexity index is 1840. The maximum absolute atomic E-state index is 13.0. The molecule has 0 aromatic rings. The summed E-state index contributed by atoms with van der Waals surface area (Å²) in [4.78, 5) is 25.5. The summed E-state index contributed by atoms with van der Waals surface area (Å²) in [5.41, 5.74) is -3.59. The molecule has 4 aliphatic heterocycles. The molecular weight excluding hydrogens is 901 g/mol. The first kappa shape index (κ1) is 53.6. The minimum absolute atomic E-state index is 0.0320. The van der Waals surface area contributed by atoms with E-state index in [4.69, 9.17) is 61.6 Å². The van der Waals surface area contributed by atoms with Gasteiger partial charge in [0.2, 0.25) is 0 Å². The Morgan fingerprint density at radius 2 is 1.09 bits per heavy atom. The maximum Gasteiger partial charge on any atom is 0.302 e. The molecule has 8 rings (SSSR count). The fraction of sp³-hybridized carbons (Fsp3) is 0.922. The van der Waals surface area contributed by atoms with Crippen molar-refractivity contribution < 1.29 is 86.5 Å². The summed E-state index contributed by atoms with van der Waals surface area (Å²) in [6.45, 7) is 14.3. The van der Waals surface area contributed by atoms with E-state index in [1.165, 1.54) is 19.4 Å². The molecule has 0 radical (unpaired) electrons. The molecule has 4 aliphatic carbocycles. The number of hydrogen-bond donors (Lipinski definition) is 3. The van der Waals surface area contributed by atoms with Gasteiger partial charge in [-0.1, -0.05) is 25.5 Å². The summed E-state index contributed by atoms with van der Waals surface area (Å²) in [5, 5.41) is 35.0. The first-order chi connectivity index (χ1) is 32.6. The van der Waals surface area contributed by atoms with E-state index in [0.717, 1.165) is 12.8 Å². The second-order valence-corrected chi connectivity index (χ2v) is 21.9. The average Bonchev–Trinajstić information content (AvgIpc) is 3.53. The molecule has 7 fully saturated rings. The lowest BCUT2D eigenvalue weighted by atomic mass is 9.44. The number of esters is 1. The van der Waals surface area contributed by atoms with Gasteiger partial charge < -0.3 is 76.9 Å². The first-order valence-corrected chi connectivity index (χ1v) is 25.5. The van der Waals surface area contributed by atoms with Crippen molar-refractivity contribution >= 4 is 11.8 Å². The third-order valence-corrected chi connectivity index (χ3v) is 18.3. The average molecular weight is 983 g/mol. The molecule has 8 aliphatic rings. The molecule has 0 amide bonds. The van der Waals surface area contributed by atoms with Gasteiger partial charge in [0.1, 0.15) is 36.1 Å². The van der Waals surface area contributed by atoms with Crippen LogP contribution < -0.4 is 0 Å². The zero-order valence-corrected chi connectivity index (χ0v) is 42.9. The van der Waals surface area contributed by atoms with Gasteiger partial charge in [-0.2, -0.15) is 0 Å². The van der Waals surface area contributed by atoms with E-state index >= 15 is 0 Å². The molecule has 18 nitrogen and oxygen atoms in total. The predicted octanol–water partition coefficient (Wildman–Crippen LogP) is 4.43. The molecule has 24 unspecified atom stereocenters. The first-order valence-electron chi connectivity index (χ1n) is 25.5. The molecular formula is C51H82O18. The van der Waals surface area contributed by atoms with Crippen molar-refractivity contribution in [2.75, 3.05) is 28.4 Å². The molecule has 24 atom stereocenters. The van der Waals surface area contributed by atoms with Crippen molar-refractivity contribution in [3.63, 3.8) is 0 Å². The quantitative estimate of drug-likeness (QED) is 0.162. The number of ketones is 1. The van der Waals surface area contributed by atoms with Crippen LogP contribution in [0.3, 0.4) is 0 Å². The molecule has 0 aromatic heterocycles. The Labute approximate surface area is 407 Å². The monoisotopic (exact) mass is 983 g/mol. The number of allylic oxidation sites excluding steroid dienone is 1. The smallest absolute Gasteiger partial charge is 0.302 e. The second-order valence-electron chi connectivity index (χ2n) is 21.9. The highest BCUT2D eigenvalue weighted by Gasteiger charge is 2.76. The van der Waals surface area contributed by atoms with E-state index in [9.17, 15) is 24.9 Å². The Hall–Kier alpha value is -1.72. The van der Waals surface area contributed by atoms with Gasteiger partial charge in [0.25, 0.3) is 0 Å². The summed E-state index contributed by atoms with van der Waals surface area (Å²) < 4.78 is 81.2. The van der Waals surface area contributed by atoms with Crippen molar-refractivity contribution in [2.24, 2.45) is 22.7 Å². The topological polar surface area (TPSA) is 215 Å². The number of methoxy groups -OCH3 is 4. The second kappa shape index (κ2) is 20.9. The van der Waals surface area contributed by atoms with Crippen molar-refractivity contribution in [3.8, 4) is 0 Å². The molecule has 4 heterocycles. The lowest BCUT2D eigenvalue weighted by Crippen LogP contribution is -2.71. The predicted molar refractivity (Wildman–Crippen MR) is 244 cm³/mol. The summed E-state index contributed by atoms with van der Waals surface area (Å²) in [6, 6.07) is 0. The number of carbonyl (C=O) groups excluding carboxylic acids is 2. The van der Waals surface area contributed by atoms with E-state index in [2.05, 4.69) is 13.0 Å². The molecule has 394 valence electrons. The standard InChI is InChI=1S/C51H82O18/c1-25-44(54)35(57-9)21-41(61-25)67-46-27(3)63-43(23-37(46)59-11)69-47-28(4)64-42(24-38(47)60-12)68-45-26(2)62-40(22-36(45)58-10)66-32-15-16-48(7)31(19-32)13-14-33-34(48)20-39(65-30(6)53)49(8)50(55,29(5)52)17-18-51(33,49)56/h13,25-28,32-47,54-56H,14-24H2,1-12H3. The van der Waals surface area contributed by atoms with Crippen LogP contribution in [0.15, 0.2) is 11.6 Å². The maximum atomic E-state index is 13.0. The van der Waals surface area contributed by atoms with Gasteiger partial charge in [-0.15, -0.1) is 0 Å². The van der Waals surface area contributed by atoms with Crippen LogP contribution >= 0.6 is 0 Å². The largest absolute Gasteiger partial charge is 0.462 e. The number of rotatable bonds is 14. The number of carbonyl (C=O) groups is 2. The van der Waals surface area contributed by atoms with Gasteiger partial charge in [0.05, 0.1) is 66.0 Å². The fourth-order valence-electron chi connectivity index (χ4n) is 14.2. The van der Waals surface area contributed by atoms with E-state index in [1.807, 2.05) is 20.8 Å². The van der Waals surface area contributed by atoms with E-state index in [-0.39, 0.29) is 54.5 Å². The number of ether oxygens (including phenoxy) is 13. The van der Waals surface area contributed by atoms with Crippen LogP contribution in [0, 0.1) is 22.7 Å². The Kier molecular flexibility index (Phi) is 16.2. The van der Waals surface area contributed by atoms with Crippen LogP contribution in [0.5, 0.6) is 0 Å². The van der Waals surface area contributed by atoms with Gasteiger partial charge >= 0.3 is 5.97 Å². The number of aliphatic hydroxyl groups excluding tert-OH is 1. The summed E-state index contributed by atoms with van der Waals surface area (Å²) in [6.07, 6.45) is -1.14. The lowest BCUT2D eigenvalue weighted by Gasteiger charge is -2.63. The summed E-state index contributed by atoms with van der Waals surface area (Å²) in [7, 11) is 6.53. The third-order valence-electron chi connectivity index (χ3n) is 18.3. The number of Topliss-reactive ketones (excluding diaryl/α,β-unsaturated/α-hetero) is 1. The van der Waals surface area contributed by atoms with Crippen LogP contribution in [0.1, 0.15) is 126 Å². The van der Waals surface area contributed by atoms with E-state index in [0.29, 0.717) is 44.9 Å². The molecule has 3 saturated carbocycles. The number of fused-ring (bicyclic) bond motifs is 5. The van der Waals surface area contributed by atoms with Crippen molar-refractivity contribution in [1.29, 1.82) is 0 Å². The van der Waals surface area contributed by atoms with Crippen molar-refractivity contribution in [3.05, 3.63) is 11.6 Å². The molecule has 0 spiro atoms. The molecule has 0 aromatic carbocycles. The van der Waals surface area contributed by atoms with Crippen molar-refractivity contribution in [1.82, 2.24) is 0 Å². The molecule has 18 heteroatoms. The number of aliphatic hydroxyl groups is 3. The Morgan fingerprint density at radius 3 is 1.55 bits per heavy atom. The highest BCUT2D eigenvalue weighted by atomic mass is 16.8. The summed E-state index contributed by atoms with van der Waals surface area (Å²) in [5.74, 6) is -1.15. The van der Waals surface area contributed by atoms with Gasteiger partial charge in [-0.05, 0) is 96.8 Å². The fourth-order valence-corrected chi connectivity index (χ4v) is 14.2. The number of hydrogen-bond acceptors (Lipinski definition) is 18. The van der Waals surface area contributed by atoms with Crippen LogP contribution in [-0.4, -0.2) is 177 Å². The van der Waals surface area contributed by atoms with Crippen LogP contribution in [0.25, 0.3) is 0 Å². The molecule has 4 saturated heterocycles. The minimum atomic E-state index is -1.80. The van der Waals surface area contributed by atoms with Gasteiger partial charge in [-0.25, -0.2) is 0 Å². The zero-order valence-electron chi connectivity index (χ0n) is 42.9. The van der Waals surface area contributed by atoms with Crippen LogP contribution in [-0.2, 0) is 71.2 Å². The SMILES string of the molecule is COC1CC(OC2C(C)OC(OC3C(C)OC(OC4C(C)OC(OC5CCC6(C)C(=CCC7C6CC(OC(C)=O)C6(C)C(O)(C(C)=O)CCC76O)C5)CC4OC)CC3OC)CC2OC)OC(C)C1O. The normalized spacial score (nSPS) is 51.1. The van der Waals surface area contributed by atoms with E-state index < -0.39 is 115 Å². The van der Waals surface area contributed by atoms with Gasteiger partial charge in [-0.3, -0.25) is 9.59 Å². The Morgan fingerprint density at radius 1 is 0.623 bits per heavy atom. The van der Waals surface area contributed by atoms with Crippen molar-refractivity contribution in [2.45, 2.75) is 248 Å². The molecule has 69 heavy (non-hydrogen) atoms. The highest BCUT2D eigenvalue weighted by Crippen LogP contribution is 2.69. The van der Waals surface area contributed by atoms with Gasteiger partial charge in [0, 0.05) is 61.0 Å². The highest BCUT2D eigenvalue weighted by molar-refractivity contribution is 5.87. The van der Waals surface area contributed by atoms with Crippen LogP contribution in [0.4, 0.5) is 0 Å². The third kappa shape index (κ3) is 9.67. The lowest BCUT2D eigenvalue weighted by molar-refractivity contribution is -0.347. The Balaban J connectivity index is 0.852. The van der Waals surface area contributed by atoms with Crippen LogP contribution in [0.2, 0.25) is 0 Å².